The summed E-state index contributed by atoms with van der Waals surface area (Å²) in [6.45, 7) is 1.77. The van der Waals surface area contributed by atoms with E-state index < -0.39 is 0 Å². The molecule has 2 nitrogen and oxygen atoms in total. The monoisotopic (exact) mass is 168 g/mol. The lowest BCUT2D eigenvalue weighted by Gasteiger charge is -1.94. The minimum Gasteiger partial charge on any atom is -0.422 e. The highest BCUT2D eigenvalue weighted by Gasteiger charge is 1.97. The summed E-state index contributed by atoms with van der Waals surface area (Å²) in [5.74, 6) is 0.281. The van der Waals surface area contributed by atoms with Gasteiger partial charge in [0.1, 0.15) is 5.75 Å². The summed E-state index contributed by atoms with van der Waals surface area (Å²) in [4.78, 5) is 10.8. The molecule has 0 saturated heterocycles. The van der Waals surface area contributed by atoms with Gasteiger partial charge in [-0.2, -0.15) is 0 Å². The zero-order valence-corrected chi connectivity index (χ0v) is 6.93. The van der Waals surface area contributed by atoms with Crippen molar-refractivity contribution in [2.24, 2.45) is 0 Å². The molecule has 0 N–H and O–H groups in total. The van der Waals surface area contributed by atoms with Gasteiger partial charge in [0.05, 0.1) is 0 Å². The molecular weight excluding hydrogens is 160 g/mol. The van der Waals surface area contributed by atoms with Gasteiger partial charge in [-0.3, -0.25) is 0 Å². The Morgan fingerprint density at radius 3 is 3.09 bits per heavy atom. The van der Waals surface area contributed by atoms with E-state index in [9.17, 15) is 4.79 Å². The third-order valence-electron chi connectivity index (χ3n) is 1.02. The predicted molar refractivity (Wildman–Crippen MR) is 44.8 cm³/mol. The molecule has 0 atom stereocenters. The summed E-state index contributed by atoms with van der Waals surface area (Å²) in [5.41, 5.74) is 0. The number of ether oxygens (including phenoxy) is 1. The molecule has 0 aliphatic carbocycles. The van der Waals surface area contributed by atoms with Crippen molar-refractivity contribution >= 4 is 17.3 Å². The maximum Gasteiger partial charge on any atom is 0.335 e. The average Bonchev–Trinajstić information content (AvgIpc) is 2.40. The van der Waals surface area contributed by atoms with Crippen molar-refractivity contribution < 1.29 is 9.53 Å². The van der Waals surface area contributed by atoms with Crippen LogP contribution in [0, 0.1) is 0 Å². The molecule has 0 saturated carbocycles. The van der Waals surface area contributed by atoms with Crippen LogP contribution in [-0.4, -0.2) is 5.97 Å². The van der Waals surface area contributed by atoms with E-state index in [4.69, 9.17) is 4.74 Å². The number of thiophene rings is 1. The van der Waals surface area contributed by atoms with E-state index in [2.05, 4.69) is 0 Å². The van der Waals surface area contributed by atoms with E-state index in [-0.39, 0.29) is 5.97 Å². The molecule has 1 aromatic rings. The number of hydrogen-bond donors (Lipinski definition) is 0. The van der Waals surface area contributed by atoms with E-state index in [1.807, 2.05) is 5.38 Å². The Morgan fingerprint density at radius 2 is 2.55 bits per heavy atom. The first kappa shape index (κ1) is 8.01. The van der Waals surface area contributed by atoms with E-state index in [0.29, 0.717) is 5.75 Å². The quantitative estimate of drug-likeness (QED) is 0.500. The topological polar surface area (TPSA) is 26.3 Å². The molecule has 11 heavy (non-hydrogen) atoms. The van der Waals surface area contributed by atoms with Crippen LogP contribution in [0.15, 0.2) is 29.0 Å². The Labute approximate surface area is 69.1 Å². The Hall–Kier alpha value is -1.09. The van der Waals surface area contributed by atoms with Gasteiger partial charge >= 0.3 is 5.97 Å². The number of hydrogen-bond acceptors (Lipinski definition) is 3. The molecular formula is C8H8O2S. The third kappa shape index (κ3) is 2.55. The molecule has 1 heterocycles. The van der Waals surface area contributed by atoms with Gasteiger partial charge in [-0.1, -0.05) is 6.08 Å². The van der Waals surface area contributed by atoms with E-state index in [1.54, 1.807) is 24.4 Å². The molecule has 0 amide bonds. The highest BCUT2D eigenvalue weighted by Crippen LogP contribution is 2.14. The van der Waals surface area contributed by atoms with Crippen molar-refractivity contribution in [1.29, 1.82) is 0 Å². The summed E-state index contributed by atoms with van der Waals surface area (Å²) in [6.07, 6.45) is 3.03. The van der Waals surface area contributed by atoms with Crippen LogP contribution in [0.2, 0.25) is 0 Å². The summed E-state index contributed by atoms with van der Waals surface area (Å²) < 4.78 is 4.88. The van der Waals surface area contributed by atoms with Gasteiger partial charge in [0.2, 0.25) is 0 Å². The van der Waals surface area contributed by atoms with Gasteiger partial charge < -0.3 is 4.74 Å². The zero-order chi connectivity index (χ0) is 8.10. The lowest BCUT2D eigenvalue weighted by molar-refractivity contribution is -0.128. The lowest BCUT2D eigenvalue weighted by Crippen LogP contribution is -2.02. The van der Waals surface area contributed by atoms with Gasteiger partial charge in [0.15, 0.2) is 0 Å². The van der Waals surface area contributed by atoms with Crippen LogP contribution in [0.5, 0.6) is 5.75 Å². The first-order chi connectivity index (χ1) is 5.33. The zero-order valence-electron chi connectivity index (χ0n) is 6.11. The van der Waals surface area contributed by atoms with Gasteiger partial charge in [-0.25, -0.2) is 4.79 Å². The SMILES string of the molecule is CC=CC(=O)Oc1ccsc1. The number of allylic oxidation sites excluding steroid dienone is 1. The van der Waals surface area contributed by atoms with E-state index in [0.717, 1.165) is 0 Å². The molecule has 3 heteroatoms. The lowest BCUT2D eigenvalue weighted by atomic mass is 10.5. The Morgan fingerprint density at radius 1 is 1.73 bits per heavy atom. The molecule has 0 bridgehead atoms. The maximum atomic E-state index is 10.8. The number of carbonyl (C=O) groups is 1. The smallest absolute Gasteiger partial charge is 0.335 e. The second-order valence-electron chi connectivity index (χ2n) is 1.88. The Bertz CT molecular complexity index is 249. The molecule has 1 aromatic heterocycles. The largest absolute Gasteiger partial charge is 0.422 e. The minimum absolute atomic E-state index is 0.328. The number of rotatable bonds is 2. The molecule has 0 aliphatic heterocycles. The molecule has 1 rings (SSSR count). The van der Waals surface area contributed by atoms with Gasteiger partial charge in [0, 0.05) is 11.5 Å². The van der Waals surface area contributed by atoms with Crippen LogP contribution in [-0.2, 0) is 4.79 Å². The molecule has 58 valence electrons. The van der Waals surface area contributed by atoms with Crippen LogP contribution >= 0.6 is 11.3 Å². The average molecular weight is 168 g/mol. The Kier molecular flexibility index (Phi) is 2.86. The highest BCUT2D eigenvalue weighted by molar-refractivity contribution is 7.08. The molecule has 0 spiro atoms. The standard InChI is InChI=1S/C8H8O2S/c1-2-3-8(9)10-7-4-5-11-6-7/h2-6H,1H3. The van der Waals surface area contributed by atoms with Crippen LogP contribution < -0.4 is 4.74 Å². The van der Waals surface area contributed by atoms with Crippen molar-refractivity contribution in [2.75, 3.05) is 0 Å². The summed E-state index contributed by atoms with van der Waals surface area (Å²) >= 11 is 1.50. The molecule has 0 aromatic carbocycles. The van der Waals surface area contributed by atoms with Crippen LogP contribution in [0.4, 0.5) is 0 Å². The van der Waals surface area contributed by atoms with Gasteiger partial charge in [-0.15, -0.1) is 11.3 Å². The molecule has 0 aliphatic rings. The van der Waals surface area contributed by atoms with Crippen molar-refractivity contribution in [3.63, 3.8) is 0 Å². The third-order valence-corrected chi connectivity index (χ3v) is 1.68. The maximum absolute atomic E-state index is 10.8. The van der Waals surface area contributed by atoms with Crippen LogP contribution in [0.1, 0.15) is 6.92 Å². The number of esters is 1. The predicted octanol–water partition coefficient (Wildman–Crippen LogP) is 2.23. The highest BCUT2D eigenvalue weighted by atomic mass is 32.1. The van der Waals surface area contributed by atoms with E-state index in [1.165, 1.54) is 17.4 Å². The first-order valence-electron chi connectivity index (χ1n) is 3.19. The Balaban J connectivity index is 2.50. The van der Waals surface area contributed by atoms with Gasteiger partial charge in [-0.05, 0) is 18.4 Å². The second kappa shape index (κ2) is 3.93. The van der Waals surface area contributed by atoms with Crippen LogP contribution in [0.3, 0.4) is 0 Å². The fraction of sp³-hybridized carbons (Fsp3) is 0.125. The van der Waals surface area contributed by atoms with Crippen molar-refractivity contribution in [3.05, 3.63) is 29.0 Å². The summed E-state index contributed by atoms with van der Waals surface area (Å²) in [7, 11) is 0. The van der Waals surface area contributed by atoms with Gasteiger partial charge in [0.25, 0.3) is 0 Å². The molecule has 0 fully saturated rings. The summed E-state index contributed by atoms with van der Waals surface area (Å²) in [5, 5.41) is 3.64. The first-order valence-corrected chi connectivity index (χ1v) is 4.14. The fourth-order valence-corrected chi connectivity index (χ4v) is 1.15. The normalized spacial score (nSPS) is 10.3. The van der Waals surface area contributed by atoms with Crippen molar-refractivity contribution in [2.45, 2.75) is 6.92 Å². The fourth-order valence-electron chi connectivity index (χ4n) is 0.596. The van der Waals surface area contributed by atoms with E-state index >= 15 is 0 Å². The van der Waals surface area contributed by atoms with Crippen molar-refractivity contribution in [1.82, 2.24) is 0 Å². The van der Waals surface area contributed by atoms with Crippen molar-refractivity contribution in [3.8, 4) is 5.75 Å². The molecule has 0 unspecified atom stereocenters. The second-order valence-corrected chi connectivity index (χ2v) is 2.66. The minimum atomic E-state index is -0.328. The van der Waals surface area contributed by atoms with Crippen LogP contribution in [0.25, 0.3) is 0 Å². The number of carbonyl (C=O) groups excluding carboxylic acids is 1. The summed E-state index contributed by atoms with van der Waals surface area (Å²) in [6, 6.07) is 1.76. The molecule has 0 radical (unpaired) electrons.